The molecule has 0 bridgehead atoms. The third-order valence-corrected chi connectivity index (χ3v) is 3.53. The first-order valence-corrected chi connectivity index (χ1v) is 7.20. The smallest absolute Gasteiger partial charge is 0.236 e. The van der Waals surface area contributed by atoms with Crippen LogP contribution in [-0.4, -0.2) is 54.1 Å². The lowest BCUT2D eigenvalue weighted by molar-refractivity contribution is -0.131. The molecule has 0 fully saturated rings. The Kier molecular flexibility index (Phi) is 7.26. The predicted octanol–water partition coefficient (Wildman–Crippen LogP) is 1.66. The first-order chi connectivity index (χ1) is 9.58. The fourth-order valence-electron chi connectivity index (χ4n) is 2.09. The first-order valence-electron chi connectivity index (χ1n) is 7.20. The third-order valence-electron chi connectivity index (χ3n) is 3.53. The highest BCUT2D eigenvalue weighted by atomic mass is 16.3. The molecule has 1 aromatic rings. The molecule has 0 aliphatic heterocycles. The van der Waals surface area contributed by atoms with E-state index in [1.165, 1.54) is 11.1 Å². The molecule has 1 rings (SSSR count). The van der Waals surface area contributed by atoms with Crippen LogP contribution in [0.1, 0.15) is 24.5 Å². The van der Waals surface area contributed by atoms with Gasteiger partial charge in [-0.15, -0.1) is 0 Å². The monoisotopic (exact) mass is 278 g/mol. The largest absolute Gasteiger partial charge is 0.396 e. The van der Waals surface area contributed by atoms with Gasteiger partial charge in [0.25, 0.3) is 0 Å². The Labute approximate surface area is 122 Å². The van der Waals surface area contributed by atoms with Crippen LogP contribution in [0.3, 0.4) is 0 Å². The lowest BCUT2D eigenvalue weighted by Gasteiger charge is -2.24. The van der Waals surface area contributed by atoms with Crippen molar-refractivity contribution in [2.45, 2.75) is 26.8 Å². The molecule has 0 saturated carbocycles. The van der Waals surface area contributed by atoms with Crippen molar-refractivity contribution in [2.24, 2.45) is 0 Å². The van der Waals surface area contributed by atoms with Crippen molar-refractivity contribution in [3.05, 3.63) is 35.4 Å². The van der Waals surface area contributed by atoms with Crippen LogP contribution in [0.2, 0.25) is 0 Å². The summed E-state index contributed by atoms with van der Waals surface area (Å²) >= 11 is 0. The number of aryl methyl sites for hydroxylation is 1. The van der Waals surface area contributed by atoms with Gasteiger partial charge in [-0.25, -0.2) is 0 Å². The summed E-state index contributed by atoms with van der Waals surface area (Å²) in [5, 5.41) is 8.86. The highest BCUT2D eigenvalue weighted by Crippen LogP contribution is 2.09. The van der Waals surface area contributed by atoms with Crippen molar-refractivity contribution >= 4 is 5.91 Å². The maximum Gasteiger partial charge on any atom is 0.236 e. The molecule has 0 spiro atoms. The van der Waals surface area contributed by atoms with E-state index < -0.39 is 0 Å². The SMILES string of the molecule is CCN(CCCO)CC(=O)N(C)Cc1ccccc1C. The zero-order valence-corrected chi connectivity index (χ0v) is 12.8. The van der Waals surface area contributed by atoms with E-state index in [9.17, 15) is 4.79 Å². The molecule has 0 radical (unpaired) electrons. The van der Waals surface area contributed by atoms with Gasteiger partial charge in [-0.3, -0.25) is 9.69 Å². The minimum absolute atomic E-state index is 0.119. The standard InChI is InChI=1S/C16H26N2O2/c1-4-18(10-7-11-19)13-16(20)17(3)12-15-9-6-5-8-14(15)2/h5-6,8-9,19H,4,7,10-13H2,1-3H3. The molecule has 4 nitrogen and oxygen atoms in total. The summed E-state index contributed by atoms with van der Waals surface area (Å²) in [6, 6.07) is 8.13. The Morgan fingerprint density at radius 2 is 2.00 bits per heavy atom. The summed E-state index contributed by atoms with van der Waals surface area (Å²) in [7, 11) is 1.84. The number of amides is 1. The number of likely N-dealkylation sites (N-methyl/N-ethyl adjacent to an activating group) is 2. The molecule has 1 amide bonds. The van der Waals surface area contributed by atoms with E-state index in [-0.39, 0.29) is 12.5 Å². The molecule has 112 valence electrons. The van der Waals surface area contributed by atoms with Crippen molar-refractivity contribution in [2.75, 3.05) is 33.3 Å². The molecular formula is C16H26N2O2. The summed E-state index contributed by atoms with van der Waals surface area (Å²) in [5.41, 5.74) is 2.39. The topological polar surface area (TPSA) is 43.8 Å². The van der Waals surface area contributed by atoms with Crippen LogP contribution in [0.5, 0.6) is 0 Å². The molecule has 0 aromatic heterocycles. The van der Waals surface area contributed by atoms with Crippen LogP contribution in [-0.2, 0) is 11.3 Å². The number of carbonyl (C=O) groups is 1. The maximum atomic E-state index is 12.2. The van der Waals surface area contributed by atoms with Crippen LogP contribution in [0, 0.1) is 6.92 Å². The van der Waals surface area contributed by atoms with E-state index in [1.54, 1.807) is 4.90 Å². The number of hydrogen-bond donors (Lipinski definition) is 1. The number of benzene rings is 1. The summed E-state index contributed by atoms with van der Waals surface area (Å²) < 4.78 is 0. The number of hydrogen-bond acceptors (Lipinski definition) is 3. The number of aliphatic hydroxyl groups excluding tert-OH is 1. The fourth-order valence-corrected chi connectivity index (χ4v) is 2.09. The highest BCUT2D eigenvalue weighted by Gasteiger charge is 2.14. The molecule has 0 heterocycles. The lowest BCUT2D eigenvalue weighted by Crippen LogP contribution is -2.38. The Morgan fingerprint density at radius 1 is 1.30 bits per heavy atom. The number of nitrogens with zero attached hydrogens (tertiary/aromatic N) is 2. The van der Waals surface area contributed by atoms with Gasteiger partial charge in [0.1, 0.15) is 0 Å². The Morgan fingerprint density at radius 3 is 2.60 bits per heavy atom. The van der Waals surface area contributed by atoms with Gasteiger partial charge in [0.05, 0.1) is 6.54 Å². The first kappa shape index (κ1) is 16.7. The van der Waals surface area contributed by atoms with E-state index >= 15 is 0 Å². The van der Waals surface area contributed by atoms with Crippen LogP contribution >= 0.6 is 0 Å². The quantitative estimate of drug-likeness (QED) is 0.786. The summed E-state index contributed by atoms with van der Waals surface area (Å²) in [6.45, 7) is 6.91. The Hall–Kier alpha value is -1.39. The van der Waals surface area contributed by atoms with E-state index in [0.717, 1.165) is 13.1 Å². The van der Waals surface area contributed by atoms with Crippen LogP contribution in [0.15, 0.2) is 24.3 Å². The van der Waals surface area contributed by atoms with Gasteiger partial charge in [0.2, 0.25) is 5.91 Å². The number of carbonyl (C=O) groups excluding carboxylic acids is 1. The highest BCUT2D eigenvalue weighted by molar-refractivity contribution is 5.78. The minimum Gasteiger partial charge on any atom is -0.396 e. The zero-order valence-electron chi connectivity index (χ0n) is 12.8. The van der Waals surface area contributed by atoms with Crippen molar-refractivity contribution in [1.82, 2.24) is 9.80 Å². The van der Waals surface area contributed by atoms with Crippen molar-refractivity contribution in [3.8, 4) is 0 Å². The third kappa shape index (κ3) is 5.31. The van der Waals surface area contributed by atoms with E-state index in [2.05, 4.69) is 24.0 Å². The molecule has 0 unspecified atom stereocenters. The molecule has 4 heteroatoms. The summed E-state index contributed by atoms with van der Waals surface area (Å²) in [4.78, 5) is 16.0. The predicted molar refractivity (Wildman–Crippen MR) is 81.5 cm³/mol. The Bertz CT molecular complexity index is 421. The number of aliphatic hydroxyl groups is 1. The van der Waals surface area contributed by atoms with Crippen LogP contribution in [0.25, 0.3) is 0 Å². The van der Waals surface area contributed by atoms with Gasteiger partial charge >= 0.3 is 0 Å². The number of rotatable bonds is 8. The van der Waals surface area contributed by atoms with Gasteiger partial charge in [-0.05, 0) is 31.0 Å². The van der Waals surface area contributed by atoms with E-state index in [1.807, 2.05) is 26.1 Å². The van der Waals surface area contributed by atoms with Gasteiger partial charge in [0, 0.05) is 26.7 Å². The summed E-state index contributed by atoms with van der Waals surface area (Å²) in [6.07, 6.45) is 0.711. The minimum atomic E-state index is 0.119. The maximum absolute atomic E-state index is 12.2. The molecular weight excluding hydrogens is 252 g/mol. The average Bonchev–Trinajstić information content (AvgIpc) is 2.45. The second-order valence-corrected chi connectivity index (χ2v) is 5.12. The molecule has 0 atom stereocenters. The molecule has 1 N–H and O–H groups in total. The van der Waals surface area contributed by atoms with Crippen LogP contribution in [0.4, 0.5) is 0 Å². The van der Waals surface area contributed by atoms with Gasteiger partial charge < -0.3 is 10.0 Å². The van der Waals surface area contributed by atoms with Crippen molar-refractivity contribution in [1.29, 1.82) is 0 Å². The fraction of sp³-hybridized carbons (Fsp3) is 0.562. The average molecular weight is 278 g/mol. The zero-order chi connectivity index (χ0) is 15.0. The lowest BCUT2D eigenvalue weighted by atomic mass is 10.1. The Balaban J connectivity index is 2.52. The molecule has 0 aliphatic rings. The summed E-state index contributed by atoms with van der Waals surface area (Å²) in [5.74, 6) is 0.119. The van der Waals surface area contributed by atoms with Crippen LogP contribution < -0.4 is 0 Å². The normalized spacial score (nSPS) is 10.8. The molecule has 0 aliphatic carbocycles. The molecule has 20 heavy (non-hydrogen) atoms. The van der Waals surface area contributed by atoms with Crippen molar-refractivity contribution in [3.63, 3.8) is 0 Å². The van der Waals surface area contributed by atoms with Crippen molar-refractivity contribution < 1.29 is 9.90 Å². The van der Waals surface area contributed by atoms with Gasteiger partial charge in [-0.2, -0.15) is 0 Å². The van der Waals surface area contributed by atoms with E-state index in [0.29, 0.717) is 19.5 Å². The van der Waals surface area contributed by atoms with Gasteiger partial charge in [0.15, 0.2) is 0 Å². The molecule has 1 aromatic carbocycles. The van der Waals surface area contributed by atoms with E-state index in [4.69, 9.17) is 5.11 Å². The van der Waals surface area contributed by atoms with Gasteiger partial charge in [-0.1, -0.05) is 31.2 Å². The second kappa shape index (κ2) is 8.72. The second-order valence-electron chi connectivity index (χ2n) is 5.12. The molecule has 0 saturated heterocycles.